The second-order valence-electron chi connectivity index (χ2n) is 7.72. The summed E-state index contributed by atoms with van der Waals surface area (Å²) in [5.41, 5.74) is 0.819. The quantitative estimate of drug-likeness (QED) is 0.425. The highest BCUT2D eigenvalue weighted by Crippen LogP contribution is 2.35. The van der Waals surface area contributed by atoms with Gasteiger partial charge < -0.3 is 19.3 Å². The molecule has 1 heterocycles. The van der Waals surface area contributed by atoms with Gasteiger partial charge in [0.25, 0.3) is 11.6 Å². The Morgan fingerprint density at radius 1 is 1.03 bits per heavy atom. The summed E-state index contributed by atoms with van der Waals surface area (Å²) < 4.78 is 10.7. The number of methoxy groups -OCH3 is 1. The Kier molecular flexibility index (Phi) is 8.23. The molecule has 1 saturated heterocycles. The molecule has 1 aliphatic rings. The van der Waals surface area contributed by atoms with Gasteiger partial charge in [0.2, 0.25) is 5.91 Å². The summed E-state index contributed by atoms with van der Waals surface area (Å²) in [7, 11) is 1.39. The molecule has 1 fully saturated rings. The fraction of sp³-hybridized carbons (Fsp3) is 0.417. The van der Waals surface area contributed by atoms with Crippen LogP contribution >= 0.6 is 0 Å². The lowest BCUT2D eigenvalue weighted by Crippen LogP contribution is -2.50. The molecule has 0 unspecified atom stereocenters. The predicted molar refractivity (Wildman–Crippen MR) is 123 cm³/mol. The molecule has 0 bridgehead atoms. The average molecular weight is 456 g/mol. The van der Waals surface area contributed by atoms with Crippen molar-refractivity contribution in [2.75, 3.05) is 39.9 Å². The smallest absolute Gasteiger partial charge is 0.286 e. The fourth-order valence-corrected chi connectivity index (χ4v) is 3.88. The minimum absolute atomic E-state index is 0.0492. The molecule has 0 spiro atoms. The van der Waals surface area contributed by atoms with Gasteiger partial charge in [0, 0.05) is 38.7 Å². The van der Waals surface area contributed by atoms with Crippen LogP contribution in [-0.2, 0) is 11.2 Å². The Morgan fingerprint density at radius 3 is 2.30 bits per heavy atom. The molecule has 176 valence electrons. The van der Waals surface area contributed by atoms with Crippen molar-refractivity contribution in [1.29, 1.82) is 0 Å². The third-order valence-electron chi connectivity index (χ3n) is 5.63. The summed E-state index contributed by atoms with van der Waals surface area (Å²) in [4.78, 5) is 39.9. The van der Waals surface area contributed by atoms with E-state index in [4.69, 9.17) is 9.47 Å². The molecule has 0 aromatic heterocycles. The zero-order chi connectivity index (χ0) is 23.8. The molecule has 33 heavy (non-hydrogen) atoms. The monoisotopic (exact) mass is 455 g/mol. The van der Waals surface area contributed by atoms with Crippen LogP contribution in [0.25, 0.3) is 0 Å². The van der Waals surface area contributed by atoms with E-state index in [0.717, 1.165) is 12.8 Å². The van der Waals surface area contributed by atoms with Crippen LogP contribution in [-0.4, -0.2) is 66.4 Å². The maximum atomic E-state index is 13.1. The van der Waals surface area contributed by atoms with E-state index in [0.29, 0.717) is 39.2 Å². The highest BCUT2D eigenvalue weighted by molar-refractivity contribution is 5.99. The molecule has 0 atom stereocenters. The standard InChI is InChI=1S/C24H29N3O6/c1-3-33-22-16-19(20(27(30)31)17-21(22)32-2)24(29)26-14-12-25(13-15-26)23(28)11-7-10-18-8-5-4-6-9-18/h4-6,8-9,16-17H,3,7,10-15H2,1-2H3. The molecule has 2 aromatic carbocycles. The van der Waals surface area contributed by atoms with Crippen LogP contribution in [0.3, 0.4) is 0 Å². The van der Waals surface area contributed by atoms with Gasteiger partial charge in [0.05, 0.1) is 24.7 Å². The molecule has 9 heteroatoms. The zero-order valence-corrected chi connectivity index (χ0v) is 19.0. The summed E-state index contributed by atoms with van der Waals surface area (Å²) in [6, 6.07) is 12.6. The van der Waals surface area contributed by atoms with Crippen LogP contribution in [0.15, 0.2) is 42.5 Å². The SMILES string of the molecule is CCOc1cc(C(=O)N2CCN(C(=O)CCCc3ccccc3)CC2)c([N+](=O)[O-])cc1OC. The van der Waals surface area contributed by atoms with Crippen molar-refractivity contribution in [3.8, 4) is 11.5 Å². The largest absolute Gasteiger partial charge is 0.493 e. The summed E-state index contributed by atoms with van der Waals surface area (Å²) >= 11 is 0. The lowest BCUT2D eigenvalue weighted by atomic mass is 10.1. The van der Waals surface area contributed by atoms with Crippen molar-refractivity contribution < 1.29 is 24.0 Å². The number of hydrogen-bond acceptors (Lipinski definition) is 6. The van der Waals surface area contributed by atoms with Crippen molar-refractivity contribution in [1.82, 2.24) is 9.80 Å². The molecule has 0 saturated carbocycles. The lowest BCUT2D eigenvalue weighted by Gasteiger charge is -2.35. The van der Waals surface area contributed by atoms with Crippen molar-refractivity contribution in [3.63, 3.8) is 0 Å². The molecule has 3 rings (SSSR count). The maximum absolute atomic E-state index is 13.1. The van der Waals surface area contributed by atoms with Gasteiger partial charge in [0.1, 0.15) is 5.56 Å². The average Bonchev–Trinajstić information content (AvgIpc) is 2.84. The van der Waals surface area contributed by atoms with E-state index in [-0.39, 0.29) is 28.7 Å². The van der Waals surface area contributed by atoms with Crippen molar-refractivity contribution in [3.05, 3.63) is 63.7 Å². The third-order valence-corrected chi connectivity index (χ3v) is 5.63. The first-order valence-electron chi connectivity index (χ1n) is 11.0. The molecular weight excluding hydrogens is 426 g/mol. The molecule has 9 nitrogen and oxygen atoms in total. The van der Waals surface area contributed by atoms with Crippen LogP contribution < -0.4 is 9.47 Å². The van der Waals surface area contributed by atoms with E-state index in [9.17, 15) is 19.7 Å². The number of nitro benzene ring substituents is 1. The van der Waals surface area contributed by atoms with Gasteiger partial charge in [-0.2, -0.15) is 0 Å². The van der Waals surface area contributed by atoms with Gasteiger partial charge in [-0.3, -0.25) is 19.7 Å². The highest BCUT2D eigenvalue weighted by atomic mass is 16.6. The first-order valence-corrected chi connectivity index (χ1v) is 11.0. The summed E-state index contributed by atoms with van der Waals surface area (Å²) in [5, 5.41) is 11.6. The third kappa shape index (κ3) is 6.00. The van der Waals surface area contributed by atoms with Gasteiger partial charge in [-0.15, -0.1) is 0 Å². The number of ether oxygens (including phenoxy) is 2. The second-order valence-corrected chi connectivity index (χ2v) is 7.72. The summed E-state index contributed by atoms with van der Waals surface area (Å²) in [6.45, 7) is 3.54. The second kappa shape index (κ2) is 11.3. The number of carbonyl (C=O) groups excluding carboxylic acids is 2. The number of carbonyl (C=O) groups is 2. The van der Waals surface area contributed by atoms with E-state index < -0.39 is 10.8 Å². The summed E-state index contributed by atoms with van der Waals surface area (Å²) in [6.07, 6.45) is 2.05. The van der Waals surface area contributed by atoms with Gasteiger partial charge in [-0.1, -0.05) is 30.3 Å². The zero-order valence-electron chi connectivity index (χ0n) is 19.0. The van der Waals surface area contributed by atoms with Gasteiger partial charge in [-0.25, -0.2) is 0 Å². The number of aryl methyl sites for hydroxylation is 1. The van der Waals surface area contributed by atoms with Crippen LogP contribution in [0.4, 0.5) is 5.69 Å². The van der Waals surface area contributed by atoms with Crippen molar-refractivity contribution in [2.45, 2.75) is 26.2 Å². The fourth-order valence-electron chi connectivity index (χ4n) is 3.88. The van der Waals surface area contributed by atoms with Gasteiger partial charge in [-0.05, 0) is 25.3 Å². The Bertz CT molecular complexity index is 987. The molecule has 0 N–H and O–H groups in total. The van der Waals surface area contributed by atoms with Crippen LogP contribution in [0.5, 0.6) is 11.5 Å². The molecule has 2 amide bonds. The Balaban J connectivity index is 1.61. The van der Waals surface area contributed by atoms with Crippen LogP contribution in [0, 0.1) is 10.1 Å². The van der Waals surface area contributed by atoms with E-state index >= 15 is 0 Å². The molecule has 0 aliphatic carbocycles. The first kappa shape index (κ1) is 24.0. The minimum atomic E-state index is -0.599. The molecule has 0 radical (unpaired) electrons. The number of piperazine rings is 1. The number of amides is 2. The van der Waals surface area contributed by atoms with Crippen LogP contribution in [0.1, 0.15) is 35.7 Å². The minimum Gasteiger partial charge on any atom is -0.493 e. The highest BCUT2D eigenvalue weighted by Gasteiger charge is 2.30. The van der Waals surface area contributed by atoms with Gasteiger partial charge in [0.15, 0.2) is 11.5 Å². The summed E-state index contributed by atoms with van der Waals surface area (Å²) in [5.74, 6) is 0.0840. The van der Waals surface area contributed by atoms with E-state index in [2.05, 4.69) is 0 Å². The number of rotatable bonds is 9. The van der Waals surface area contributed by atoms with Crippen molar-refractivity contribution in [2.24, 2.45) is 0 Å². The van der Waals surface area contributed by atoms with Gasteiger partial charge >= 0.3 is 0 Å². The Morgan fingerprint density at radius 2 is 1.70 bits per heavy atom. The van der Waals surface area contributed by atoms with E-state index in [1.807, 2.05) is 30.3 Å². The van der Waals surface area contributed by atoms with E-state index in [1.54, 1.807) is 11.8 Å². The molecule has 2 aromatic rings. The van der Waals surface area contributed by atoms with Crippen LogP contribution in [0.2, 0.25) is 0 Å². The normalized spacial score (nSPS) is 13.5. The maximum Gasteiger partial charge on any atom is 0.286 e. The first-order chi connectivity index (χ1) is 15.9. The number of hydrogen-bond donors (Lipinski definition) is 0. The molecule has 1 aliphatic heterocycles. The number of benzene rings is 2. The predicted octanol–water partition coefficient (Wildman–Crippen LogP) is 3.31. The van der Waals surface area contributed by atoms with Crippen molar-refractivity contribution >= 4 is 17.5 Å². The molecular formula is C24H29N3O6. The Labute approximate surface area is 193 Å². The van der Waals surface area contributed by atoms with E-state index in [1.165, 1.54) is 29.7 Å². The number of nitro groups is 1. The lowest BCUT2D eigenvalue weighted by molar-refractivity contribution is -0.385. The topological polar surface area (TPSA) is 102 Å². The Hall–Kier alpha value is -3.62. The number of nitrogens with zero attached hydrogens (tertiary/aromatic N) is 3.